The molecule has 19 nitrogen and oxygen atoms in total. The van der Waals surface area contributed by atoms with E-state index in [9.17, 15) is 48.4 Å². The smallest absolute Gasteiger partial charge is 0.348 e. The minimum absolute atomic E-state index is 0.0118. The van der Waals surface area contributed by atoms with Crippen LogP contribution in [0.25, 0.3) is 17.1 Å². The van der Waals surface area contributed by atoms with Crippen LogP contribution in [0.4, 0.5) is 14.6 Å². The molecule has 1 saturated heterocycles. The minimum atomic E-state index is -3.67. The van der Waals surface area contributed by atoms with Crippen molar-refractivity contribution in [2.45, 2.75) is 96.4 Å². The van der Waals surface area contributed by atoms with Crippen LogP contribution in [0.3, 0.4) is 0 Å². The number of Topliss-reactive ketones (excluding diaryl/α,β-unsaturated/α-hetero) is 1. The molecule has 67 heavy (non-hydrogen) atoms. The Labute approximate surface area is 383 Å². The lowest BCUT2D eigenvalue weighted by Gasteiger charge is -2.32. The predicted octanol–water partition coefficient (Wildman–Crippen LogP) is 3.73. The van der Waals surface area contributed by atoms with E-state index in [1.165, 1.54) is 24.5 Å². The monoisotopic (exact) mass is 928 g/mol. The van der Waals surface area contributed by atoms with Gasteiger partial charge in [0.2, 0.25) is 5.82 Å². The molecular weight excluding hydrogens is 875 g/mol. The number of amides is 2. The number of alkyl halides is 2. The number of nitrogens with zero attached hydrogens (tertiary/aromatic N) is 8. The van der Waals surface area contributed by atoms with Gasteiger partial charge in [-0.15, -0.1) is 10.2 Å². The fourth-order valence-electron chi connectivity index (χ4n) is 8.46. The molecular formula is C46H54F2N10O9. The highest BCUT2D eigenvalue weighted by molar-refractivity contribution is 5.97. The molecule has 0 bridgehead atoms. The average Bonchev–Trinajstić information content (AvgIpc) is 3.83. The van der Waals surface area contributed by atoms with Crippen molar-refractivity contribution in [2.24, 2.45) is 11.8 Å². The van der Waals surface area contributed by atoms with Gasteiger partial charge in [0.1, 0.15) is 47.0 Å². The molecule has 2 fully saturated rings. The summed E-state index contributed by atoms with van der Waals surface area (Å²) in [5.41, 5.74) is 0.388. The number of halogens is 2. The number of nitrogens with one attached hydrogen (secondary N) is 2. The number of phenolic OH excluding ortho intramolecular Hbond substituents is 2. The lowest BCUT2D eigenvalue weighted by atomic mass is 9.96. The van der Waals surface area contributed by atoms with Gasteiger partial charge in [0.25, 0.3) is 17.7 Å². The average molecular weight is 929 g/mol. The number of aliphatic hydroxyl groups is 2. The molecule has 2 amide bonds. The Balaban J connectivity index is 0.946. The van der Waals surface area contributed by atoms with E-state index >= 15 is 0 Å². The van der Waals surface area contributed by atoms with Crippen molar-refractivity contribution < 1.29 is 48.3 Å². The van der Waals surface area contributed by atoms with Crippen LogP contribution < -0.4 is 26.0 Å². The Morgan fingerprint density at radius 3 is 2.27 bits per heavy atom. The van der Waals surface area contributed by atoms with Crippen LogP contribution in [0.15, 0.2) is 65.8 Å². The summed E-state index contributed by atoms with van der Waals surface area (Å²) >= 11 is 0. The second-order valence-electron chi connectivity index (χ2n) is 17.4. The zero-order valence-corrected chi connectivity index (χ0v) is 37.6. The lowest BCUT2D eigenvalue weighted by Crippen LogP contribution is -2.45. The van der Waals surface area contributed by atoms with Crippen molar-refractivity contribution in [1.82, 2.24) is 44.9 Å². The second kappa shape index (κ2) is 19.9. The Morgan fingerprint density at radius 1 is 0.955 bits per heavy atom. The summed E-state index contributed by atoms with van der Waals surface area (Å²) in [6, 6.07) is 8.51. The third-order valence-corrected chi connectivity index (χ3v) is 12.2. The molecule has 0 radical (unpaired) electrons. The van der Waals surface area contributed by atoms with E-state index in [1.54, 1.807) is 55.7 Å². The molecule has 7 rings (SSSR count). The first-order valence-electron chi connectivity index (χ1n) is 22.1. The first-order valence-corrected chi connectivity index (χ1v) is 22.1. The van der Waals surface area contributed by atoms with Gasteiger partial charge in [-0.2, -0.15) is 4.98 Å². The third kappa shape index (κ3) is 10.1. The molecule has 5 aromatic rings. The zero-order chi connectivity index (χ0) is 48.3. The van der Waals surface area contributed by atoms with Crippen molar-refractivity contribution >= 4 is 23.4 Å². The summed E-state index contributed by atoms with van der Waals surface area (Å²) < 4.78 is 38.1. The van der Waals surface area contributed by atoms with Gasteiger partial charge in [-0.25, -0.2) is 23.5 Å². The van der Waals surface area contributed by atoms with Gasteiger partial charge in [0.15, 0.2) is 11.6 Å². The van der Waals surface area contributed by atoms with E-state index in [2.05, 4.69) is 35.8 Å². The van der Waals surface area contributed by atoms with Crippen LogP contribution in [0.1, 0.15) is 98.2 Å². The van der Waals surface area contributed by atoms with E-state index in [0.717, 1.165) is 6.20 Å². The Bertz CT molecular complexity index is 2650. The van der Waals surface area contributed by atoms with Crippen LogP contribution in [0, 0.1) is 11.8 Å². The number of hydrogen-bond donors (Lipinski definition) is 6. The number of aromatic nitrogens is 7. The molecule has 2 aliphatic rings. The third-order valence-electron chi connectivity index (χ3n) is 12.2. The number of ketones is 1. The number of aromatic hydroxyl groups is 2. The van der Waals surface area contributed by atoms with Gasteiger partial charge in [-0.3, -0.25) is 23.5 Å². The SMILES string of the molecule is CCNC(=O)c1nnc(-c2cc(C(C)C)c(O)cc2O)n1-c1ccc(OC2CCN(c3cnc(C(=O)N[C@H](C(=O)Cc4ccn([C@@H]5C[C@H](CO)[C@@H](O)C5(F)F)c(=O)n4)C(C)C)cn3)CC2)cc1. The van der Waals surface area contributed by atoms with E-state index in [4.69, 9.17) is 4.74 Å². The van der Waals surface area contributed by atoms with Crippen molar-refractivity contribution in [2.75, 3.05) is 31.1 Å². The summed E-state index contributed by atoms with van der Waals surface area (Å²) in [6.07, 6.45) is 2.22. The number of carbonyl (C=O) groups is 3. The number of carbonyl (C=O) groups excluding carboxylic acids is 3. The van der Waals surface area contributed by atoms with E-state index < -0.39 is 59.9 Å². The summed E-state index contributed by atoms with van der Waals surface area (Å²) in [7, 11) is 0. The summed E-state index contributed by atoms with van der Waals surface area (Å²) in [6.45, 7) is 9.90. The van der Waals surface area contributed by atoms with E-state index in [-0.39, 0.29) is 65.3 Å². The molecule has 4 atom stereocenters. The summed E-state index contributed by atoms with van der Waals surface area (Å²) in [5.74, 6) is -5.71. The normalized spacial score (nSPS) is 18.9. The maximum atomic E-state index is 14.7. The van der Waals surface area contributed by atoms with Crippen LogP contribution in [0.2, 0.25) is 0 Å². The molecule has 0 unspecified atom stereocenters. The number of hydrogen-bond acceptors (Lipinski definition) is 15. The molecule has 2 aromatic carbocycles. The Hall–Kier alpha value is -6.87. The second-order valence-corrected chi connectivity index (χ2v) is 17.4. The number of benzene rings is 2. The van der Waals surface area contributed by atoms with Crippen molar-refractivity contribution in [1.29, 1.82) is 0 Å². The highest BCUT2D eigenvalue weighted by atomic mass is 19.3. The largest absolute Gasteiger partial charge is 0.508 e. The molecule has 0 spiro atoms. The highest BCUT2D eigenvalue weighted by Crippen LogP contribution is 2.46. The zero-order valence-electron chi connectivity index (χ0n) is 37.6. The standard InChI is InChI=1S/C46H54F2N10O9/c1-6-49-44(65)42-55-54-41(32-19-31(24(2)3)34(60)20-35(32)61)58(42)28-7-9-29(10-8-28)67-30-12-14-56(15-13-30)38-22-50-33(21-51-38)43(64)53-39(25(4)5)36(62)18-27-11-16-57(45(66)52-27)37-17-26(23-59)40(63)46(37,47)48/h7-11,16,19-22,24-26,30,37,39-40,59-61,63H,6,12-15,17-18,23H2,1-5H3,(H,49,65)(H,53,64)/t26-,37-,39+,40-/m1/s1. The highest BCUT2D eigenvalue weighted by Gasteiger charge is 2.57. The molecule has 21 heteroatoms. The number of piperidine rings is 1. The van der Waals surface area contributed by atoms with Crippen LogP contribution in [0.5, 0.6) is 17.2 Å². The number of anilines is 1. The first-order chi connectivity index (χ1) is 31.9. The number of rotatable bonds is 16. The van der Waals surface area contributed by atoms with Crippen molar-refractivity contribution in [3.8, 4) is 34.3 Å². The summed E-state index contributed by atoms with van der Waals surface area (Å²) in [5, 5.41) is 54.5. The summed E-state index contributed by atoms with van der Waals surface area (Å²) in [4.78, 5) is 67.2. The van der Waals surface area contributed by atoms with Crippen molar-refractivity contribution in [3.05, 3.63) is 94.3 Å². The molecule has 356 valence electrons. The van der Waals surface area contributed by atoms with Gasteiger partial charge in [-0.1, -0.05) is 27.7 Å². The topological polar surface area (TPSA) is 260 Å². The minimum Gasteiger partial charge on any atom is -0.508 e. The maximum Gasteiger partial charge on any atom is 0.348 e. The van der Waals surface area contributed by atoms with E-state index in [1.807, 2.05) is 18.7 Å². The fourth-order valence-corrected chi connectivity index (χ4v) is 8.46. The van der Waals surface area contributed by atoms with Gasteiger partial charge >= 0.3 is 5.69 Å². The molecule has 1 saturated carbocycles. The first kappa shape index (κ1) is 48.1. The van der Waals surface area contributed by atoms with Gasteiger partial charge in [0, 0.05) is 63.0 Å². The number of aliphatic hydroxyl groups excluding tert-OH is 2. The molecule has 4 heterocycles. The molecule has 1 aliphatic carbocycles. The van der Waals surface area contributed by atoms with E-state index in [0.29, 0.717) is 65.4 Å². The maximum absolute atomic E-state index is 14.7. The lowest BCUT2D eigenvalue weighted by molar-refractivity contribution is -0.123. The quantitative estimate of drug-likeness (QED) is 0.0824. The van der Waals surface area contributed by atoms with Gasteiger partial charge in [0.05, 0.1) is 36.1 Å². The van der Waals surface area contributed by atoms with Crippen LogP contribution in [-0.2, 0) is 11.2 Å². The molecule has 1 aliphatic heterocycles. The van der Waals surface area contributed by atoms with Gasteiger partial charge in [-0.05, 0) is 67.1 Å². The predicted molar refractivity (Wildman–Crippen MR) is 239 cm³/mol. The van der Waals surface area contributed by atoms with Crippen molar-refractivity contribution in [3.63, 3.8) is 0 Å². The van der Waals surface area contributed by atoms with Gasteiger partial charge < -0.3 is 40.7 Å². The molecule has 6 N–H and O–H groups in total. The Morgan fingerprint density at radius 2 is 1.67 bits per heavy atom. The number of ether oxygens (including phenoxy) is 1. The van der Waals surface area contributed by atoms with Crippen LogP contribution >= 0.6 is 0 Å². The fraction of sp³-hybridized carbons (Fsp3) is 0.457. The number of phenols is 2. The Kier molecular flexibility index (Phi) is 14.3. The molecule has 3 aromatic heterocycles. The van der Waals surface area contributed by atoms with Crippen LogP contribution in [-0.4, -0.2) is 123 Å².